The first-order valence-electron chi connectivity index (χ1n) is 11.2. The molecule has 0 unspecified atom stereocenters. The van der Waals surface area contributed by atoms with Gasteiger partial charge in [0.15, 0.2) is 0 Å². The molecule has 4 nitrogen and oxygen atoms in total. The number of rotatable bonds is 4. The van der Waals surface area contributed by atoms with E-state index in [9.17, 15) is 14.7 Å². The molecule has 0 aromatic heterocycles. The van der Waals surface area contributed by atoms with Crippen LogP contribution in [0.3, 0.4) is 0 Å². The summed E-state index contributed by atoms with van der Waals surface area (Å²) in [4.78, 5) is 27.9. The van der Waals surface area contributed by atoms with Gasteiger partial charge >= 0.3 is 0 Å². The zero-order chi connectivity index (χ0) is 23.0. The third kappa shape index (κ3) is 3.60. The lowest BCUT2D eigenvalue weighted by Gasteiger charge is -2.43. The van der Waals surface area contributed by atoms with E-state index in [1.807, 2.05) is 65.6 Å². The number of aliphatic hydroxyl groups is 1. The SMILES string of the molecule is O=C1C(Cl)=C(N2CCC(C(O)(c3ccccc3)c3ccccc3)CC2)C(=O)c2ccccc21. The van der Waals surface area contributed by atoms with E-state index in [0.717, 1.165) is 11.1 Å². The summed E-state index contributed by atoms with van der Waals surface area (Å²) in [5, 5.41) is 12.1. The number of nitrogens with zero attached hydrogens (tertiary/aromatic N) is 1. The maximum absolute atomic E-state index is 13.2. The number of Topliss-reactive ketones (excluding diaryl/α,β-unsaturated/α-hetero) is 2. The Bertz CT molecular complexity index is 1190. The highest BCUT2D eigenvalue weighted by atomic mass is 35.5. The third-order valence-electron chi connectivity index (χ3n) is 6.87. The van der Waals surface area contributed by atoms with Crippen LogP contribution in [0.2, 0.25) is 0 Å². The van der Waals surface area contributed by atoms with Crippen LogP contribution in [0.1, 0.15) is 44.7 Å². The van der Waals surface area contributed by atoms with Gasteiger partial charge in [-0.2, -0.15) is 0 Å². The van der Waals surface area contributed by atoms with Crippen molar-refractivity contribution in [3.63, 3.8) is 0 Å². The summed E-state index contributed by atoms with van der Waals surface area (Å²) >= 11 is 6.43. The Morgan fingerprint density at radius 3 is 1.70 bits per heavy atom. The number of halogens is 1. The van der Waals surface area contributed by atoms with Gasteiger partial charge in [-0.1, -0.05) is 96.5 Å². The number of hydrogen-bond donors (Lipinski definition) is 1. The number of carbonyl (C=O) groups is 2. The molecule has 0 spiro atoms. The highest BCUT2D eigenvalue weighted by molar-refractivity contribution is 6.49. The molecule has 1 fully saturated rings. The molecule has 2 aliphatic rings. The van der Waals surface area contributed by atoms with Gasteiger partial charge in [0.1, 0.15) is 16.3 Å². The van der Waals surface area contributed by atoms with Crippen LogP contribution < -0.4 is 0 Å². The summed E-state index contributed by atoms with van der Waals surface area (Å²) in [5.41, 5.74) is 1.59. The predicted octanol–water partition coefficient (Wildman–Crippen LogP) is 5.16. The van der Waals surface area contributed by atoms with Gasteiger partial charge in [-0.25, -0.2) is 0 Å². The molecular weight excluding hydrogens is 434 g/mol. The minimum absolute atomic E-state index is 0.0152. The number of allylic oxidation sites excluding steroid dienone is 2. The molecule has 0 bridgehead atoms. The zero-order valence-corrected chi connectivity index (χ0v) is 18.8. The van der Waals surface area contributed by atoms with E-state index in [1.54, 1.807) is 24.3 Å². The standard InChI is InChI=1S/C28H24ClNO3/c29-24-25(27(32)23-14-8-7-13-22(23)26(24)31)30-17-15-21(16-18-30)28(33,19-9-3-1-4-10-19)20-11-5-2-6-12-20/h1-14,21,33H,15-18H2. The van der Waals surface area contributed by atoms with Gasteiger partial charge in [-0.05, 0) is 29.9 Å². The Kier molecular flexibility index (Phi) is 5.65. The number of likely N-dealkylation sites (tertiary alicyclic amines) is 1. The highest BCUT2D eigenvalue weighted by Crippen LogP contribution is 2.43. The molecule has 5 heteroatoms. The summed E-state index contributed by atoms with van der Waals surface area (Å²) in [6, 6.07) is 26.3. The summed E-state index contributed by atoms with van der Waals surface area (Å²) in [5.74, 6) is -0.580. The van der Waals surface area contributed by atoms with E-state index < -0.39 is 5.60 Å². The van der Waals surface area contributed by atoms with Crippen LogP contribution in [0.15, 0.2) is 95.7 Å². The minimum Gasteiger partial charge on any atom is -0.380 e. The predicted molar refractivity (Wildman–Crippen MR) is 128 cm³/mol. The van der Waals surface area contributed by atoms with Gasteiger partial charge in [0.2, 0.25) is 11.6 Å². The van der Waals surface area contributed by atoms with Crippen molar-refractivity contribution in [3.05, 3.63) is 118 Å². The molecule has 0 saturated carbocycles. The molecule has 33 heavy (non-hydrogen) atoms. The number of hydrogen-bond acceptors (Lipinski definition) is 4. The monoisotopic (exact) mass is 457 g/mol. The van der Waals surface area contributed by atoms with Crippen molar-refractivity contribution >= 4 is 23.2 Å². The Balaban J connectivity index is 1.44. The van der Waals surface area contributed by atoms with Crippen molar-refractivity contribution in [1.29, 1.82) is 0 Å². The van der Waals surface area contributed by atoms with Crippen molar-refractivity contribution < 1.29 is 14.7 Å². The summed E-state index contributed by atoms with van der Waals surface area (Å²) in [6.45, 7) is 1.05. The fraction of sp³-hybridized carbons (Fsp3) is 0.214. The van der Waals surface area contributed by atoms with Crippen LogP contribution in [0, 0.1) is 5.92 Å². The van der Waals surface area contributed by atoms with Gasteiger partial charge in [0.25, 0.3) is 0 Å². The fourth-order valence-corrected chi connectivity index (χ4v) is 5.47. The van der Waals surface area contributed by atoms with E-state index in [0.29, 0.717) is 37.1 Å². The normalized spacial score (nSPS) is 17.3. The van der Waals surface area contributed by atoms with Gasteiger partial charge in [0, 0.05) is 24.2 Å². The van der Waals surface area contributed by atoms with Gasteiger partial charge in [0.05, 0.1) is 0 Å². The molecular formula is C28H24ClNO3. The average molecular weight is 458 g/mol. The van der Waals surface area contributed by atoms with E-state index >= 15 is 0 Å². The summed E-state index contributed by atoms with van der Waals surface area (Å²) in [6.07, 6.45) is 1.30. The van der Waals surface area contributed by atoms with Crippen LogP contribution in [-0.4, -0.2) is 34.7 Å². The molecule has 3 aromatic carbocycles. The molecule has 5 rings (SSSR count). The lowest BCUT2D eigenvalue weighted by Crippen LogP contribution is -2.45. The smallest absolute Gasteiger partial charge is 0.211 e. The maximum Gasteiger partial charge on any atom is 0.211 e. The first kappa shape index (κ1) is 21.6. The van der Waals surface area contributed by atoms with E-state index in [2.05, 4.69) is 0 Å². The van der Waals surface area contributed by atoms with Crippen molar-refractivity contribution in [2.75, 3.05) is 13.1 Å². The number of ketones is 2. The largest absolute Gasteiger partial charge is 0.380 e. The highest BCUT2D eigenvalue weighted by Gasteiger charge is 2.43. The Hall–Kier alpha value is -3.21. The third-order valence-corrected chi connectivity index (χ3v) is 7.22. The summed E-state index contributed by atoms with van der Waals surface area (Å²) < 4.78 is 0. The zero-order valence-electron chi connectivity index (χ0n) is 18.1. The molecule has 1 N–H and O–H groups in total. The first-order chi connectivity index (χ1) is 16.0. The first-order valence-corrected chi connectivity index (χ1v) is 11.6. The van der Waals surface area contributed by atoms with Crippen LogP contribution in [-0.2, 0) is 5.60 Å². The lowest BCUT2D eigenvalue weighted by atomic mass is 9.72. The van der Waals surface area contributed by atoms with E-state index in [4.69, 9.17) is 11.6 Å². The fourth-order valence-electron chi connectivity index (χ4n) is 5.16. The molecule has 1 heterocycles. The molecule has 0 radical (unpaired) electrons. The second-order valence-corrected chi connectivity index (χ2v) is 9.00. The number of benzene rings is 3. The van der Waals surface area contributed by atoms with Crippen molar-refractivity contribution in [1.82, 2.24) is 4.90 Å². The topological polar surface area (TPSA) is 57.6 Å². The van der Waals surface area contributed by atoms with E-state index in [1.165, 1.54) is 0 Å². The van der Waals surface area contributed by atoms with Crippen molar-refractivity contribution in [2.45, 2.75) is 18.4 Å². The molecule has 166 valence electrons. The average Bonchev–Trinajstić information content (AvgIpc) is 2.88. The molecule has 0 atom stereocenters. The van der Waals surface area contributed by atoms with Crippen molar-refractivity contribution in [3.8, 4) is 0 Å². The van der Waals surface area contributed by atoms with Crippen LogP contribution in [0.5, 0.6) is 0 Å². The molecule has 1 aliphatic carbocycles. The molecule has 0 amide bonds. The summed E-state index contributed by atoms with van der Waals surface area (Å²) in [7, 11) is 0. The van der Waals surface area contributed by atoms with Crippen molar-refractivity contribution in [2.24, 2.45) is 5.92 Å². The second-order valence-electron chi connectivity index (χ2n) is 8.63. The van der Waals surface area contributed by atoms with Crippen LogP contribution in [0.25, 0.3) is 0 Å². The molecule has 1 saturated heterocycles. The minimum atomic E-state index is -1.15. The van der Waals surface area contributed by atoms with Crippen LogP contribution >= 0.6 is 11.6 Å². The number of carbonyl (C=O) groups excluding carboxylic acids is 2. The number of fused-ring (bicyclic) bond motifs is 1. The molecule has 1 aliphatic heterocycles. The van der Waals surface area contributed by atoms with E-state index in [-0.39, 0.29) is 28.2 Å². The Morgan fingerprint density at radius 1 is 0.727 bits per heavy atom. The van der Waals surface area contributed by atoms with Gasteiger partial charge in [-0.3, -0.25) is 9.59 Å². The van der Waals surface area contributed by atoms with Crippen LogP contribution in [0.4, 0.5) is 0 Å². The quantitative estimate of drug-likeness (QED) is 0.587. The number of piperidine rings is 1. The Labute approximate surface area is 198 Å². The van der Waals surface area contributed by atoms with Gasteiger partial charge < -0.3 is 10.0 Å². The van der Waals surface area contributed by atoms with Gasteiger partial charge in [-0.15, -0.1) is 0 Å². The maximum atomic E-state index is 13.2. The Morgan fingerprint density at radius 2 is 1.18 bits per heavy atom. The second kappa shape index (κ2) is 8.62. The molecule has 3 aromatic rings. The lowest BCUT2D eigenvalue weighted by molar-refractivity contribution is -0.00999.